The van der Waals surface area contributed by atoms with Crippen LogP contribution in [0, 0.1) is 30.2 Å². The number of fused-ring (bicyclic) bond motifs is 1. The first kappa shape index (κ1) is 25.3. The summed E-state index contributed by atoms with van der Waals surface area (Å²) in [4.78, 5) is 17.5. The lowest BCUT2D eigenvalue weighted by Gasteiger charge is -2.29. The Morgan fingerprint density at radius 2 is 1.78 bits per heavy atom. The van der Waals surface area contributed by atoms with Gasteiger partial charge in [-0.1, -0.05) is 12.1 Å². The van der Waals surface area contributed by atoms with Crippen LogP contribution in [-0.2, 0) is 5.40 Å². The molecule has 12 heteroatoms. The van der Waals surface area contributed by atoms with E-state index in [0.29, 0.717) is 0 Å². The highest BCUT2D eigenvalue weighted by atomic mass is 19.2. The monoisotopic (exact) mass is 492 g/mol. The second-order valence-corrected chi connectivity index (χ2v) is 8.04. The molecule has 4 radical (unpaired) electrons. The summed E-state index contributed by atoms with van der Waals surface area (Å²) in [5, 5.41) is 0.264. The van der Waals surface area contributed by atoms with Crippen LogP contribution < -0.4 is 15.8 Å². The average Bonchev–Trinajstić information content (AvgIpc) is 3.15. The maximum Gasteiger partial charge on any atom is 0.270 e. The number of nitrogens with zero attached hydrogens (tertiary/aromatic N) is 2. The molecule has 2 aromatic carbocycles. The van der Waals surface area contributed by atoms with Crippen LogP contribution in [0.25, 0.3) is 5.65 Å². The van der Waals surface area contributed by atoms with Crippen LogP contribution in [0.2, 0.25) is 0 Å². The molecule has 2 aromatic heterocycles. The van der Waals surface area contributed by atoms with E-state index in [9.17, 15) is 22.4 Å². The van der Waals surface area contributed by atoms with Gasteiger partial charge in [0.15, 0.2) is 23.0 Å². The summed E-state index contributed by atoms with van der Waals surface area (Å²) in [5.41, 5.74) is 5.77. The first-order chi connectivity index (χ1) is 17.0. The molecule has 6 nitrogen and oxygen atoms in total. The van der Waals surface area contributed by atoms with Gasteiger partial charge in [0.2, 0.25) is 0 Å². The van der Waals surface area contributed by atoms with E-state index in [2.05, 4.69) is 10.3 Å². The largest absolute Gasteiger partial charge is 0.498 e. The van der Waals surface area contributed by atoms with Gasteiger partial charge in [-0.25, -0.2) is 22.5 Å². The molecule has 0 spiro atoms. The normalized spacial score (nSPS) is 12.5. The molecule has 0 saturated heterocycles. The highest BCUT2D eigenvalue weighted by Crippen LogP contribution is 2.30. The zero-order chi connectivity index (χ0) is 26.2. The third kappa shape index (κ3) is 4.68. The van der Waals surface area contributed by atoms with Crippen molar-refractivity contribution in [3.63, 3.8) is 0 Å². The molecule has 36 heavy (non-hydrogen) atoms. The minimum absolute atomic E-state index is 0.0525. The summed E-state index contributed by atoms with van der Waals surface area (Å²) in [6.07, 6.45) is 1.50. The Kier molecular flexibility index (Phi) is 6.81. The Balaban J connectivity index is 1.68. The minimum atomic E-state index is -2.41. The summed E-state index contributed by atoms with van der Waals surface area (Å²) in [7, 11) is 11.9. The zero-order valence-corrected chi connectivity index (χ0v) is 18.9. The number of aryl methyl sites for hydroxylation is 1. The molecule has 0 fully saturated rings. The first-order valence-electron chi connectivity index (χ1n) is 10.7. The number of nitrogens with two attached hydrogens (primary N) is 1. The van der Waals surface area contributed by atoms with E-state index < -0.39 is 46.2 Å². The van der Waals surface area contributed by atoms with Crippen molar-refractivity contribution in [1.29, 1.82) is 0 Å². The number of pyridine rings is 1. The second kappa shape index (κ2) is 9.69. The number of amides is 1. The topological polar surface area (TPSA) is 81.7 Å². The summed E-state index contributed by atoms with van der Waals surface area (Å²) in [5.74, 6) is -4.79. The molecule has 2 heterocycles. The fourth-order valence-corrected chi connectivity index (χ4v) is 3.85. The molecule has 0 saturated carbocycles. The van der Waals surface area contributed by atoms with E-state index >= 15 is 0 Å². The number of nitrogens with one attached hydrogen (secondary N) is 1. The lowest BCUT2D eigenvalue weighted by atomic mass is 9.60. The van der Waals surface area contributed by atoms with Crippen molar-refractivity contribution in [1.82, 2.24) is 14.7 Å². The Labute approximate surface area is 206 Å². The minimum Gasteiger partial charge on any atom is -0.498 e. The van der Waals surface area contributed by atoms with Gasteiger partial charge in [0.1, 0.15) is 33.0 Å². The quantitative estimate of drug-likeness (QED) is 0.307. The number of benzene rings is 2. The number of hydrogen-bond acceptors (Lipinski definition) is 4. The third-order valence-electron chi connectivity index (χ3n) is 5.52. The number of imidazole rings is 1. The number of ether oxygens (including phenoxy) is 1. The molecule has 1 atom stereocenters. The van der Waals surface area contributed by atoms with Gasteiger partial charge in [-0.3, -0.25) is 9.20 Å². The maximum absolute atomic E-state index is 14.3. The molecule has 1 amide bonds. The Bertz CT molecular complexity index is 1440. The summed E-state index contributed by atoms with van der Waals surface area (Å²) in [6.45, 7) is 1.45. The fourth-order valence-electron chi connectivity index (χ4n) is 3.85. The van der Waals surface area contributed by atoms with Crippen molar-refractivity contribution in [3.8, 4) is 5.75 Å². The Morgan fingerprint density at radius 3 is 2.42 bits per heavy atom. The van der Waals surface area contributed by atoms with Crippen LogP contribution in [0.4, 0.5) is 17.6 Å². The van der Waals surface area contributed by atoms with Crippen LogP contribution >= 0.6 is 0 Å². The van der Waals surface area contributed by atoms with Crippen LogP contribution in [0.1, 0.15) is 33.4 Å². The van der Waals surface area contributed by atoms with Gasteiger partial charge in [0.25, 0.3) is 5.91 Å². The van der Waals surface area contributed by atoms with Gasteiger partial charge in [0.05, 0.1) is 17.1 Å². The molecular formula is C24H18B2F4N4O2. The van der Waals surface area contributed by atoms with Gasteiger partial charge in [-0.2, -0.15) is 0 Å². The highest BCUT2D eigenvalue weighted by Gasteiger charge is 2.30. The lowest BCUT2D eigenvalue weighted by Crippen LogP contribution is -2.36. The van der Waals surface area contributed by atoms with Crippen molar-refractivity contribution in [2.45, 2.75) is 18.4 Å². The molecule has 4 rings (SSSR count). The predicted octanol–water partition coefficient (Wildman–Crippen LogP) is 3.16. The smallest absolute Gasteiger partial charge is 0.270 e. The molecule has 0 aliphatic carbocycles. The zero-order valence-electron chi connectivity index (χ0n) is 18.9. The number of halogens is 4. The van der Waals surface area contributed by atoms with Gasteiger partial charge in [-0.15, -0.1) is 0 Å². The number of carbonyl (C=O) groups is 1. The van der Waals surface area contributed by atoms with E-state index in [-0.39, 0.29) is 34.9 Å². The Hall–Kier alpha value is -3.79. The molecule has 0 bridgehead atoms. The van der Waals surface area contributed by atoms with E-state index in [1.165, 1.54) is 28.8 Å². The van der Waals surface area contributed by atoms with E-state index in [1.807, 2.05) is 0 Å². The summed E-state index contributed by atoms with van der Waals surface area (Å²) in [6, 6.07) is 8.40. The van der Waals surface area contributed by atoms with Crippen LogP contribution in [0.15, 0.2) is 54.7 Å². The molecule has 0 aliphatic heterocycles. The summed E-state index contributed by atoms with van der Waals surface area (Å²) >= 11 is 0. The molecular weight excluding hydrogens is 474 g/mol. The second-order valence-electron chi connectivity index (χ2n) is 8.04. The number of aromatic nitrogens is 2. The average molecular weight is 492 g/mol. The van der Waals surface area contributed by atoms with Crippen LogP contribution in [0.5, 0.6) is 5.75 Å². The molecule has 1 unspecified atom stereocenters. The van der Waals surface area contributed by atoms with Crippen molar-refractivity contribution < 1.29 is 27.1 Å². The van der Waals surface area contributed by atoms with Gasteiger partial charge >= 0.3 is 0 Å². The number of carbonyl (C=O) groups excluding carboxylic acids is 1. The van der Waals surface area contributed by atoms with E-state index in [1.54, 1.807) is 6.92 Å². The third-order valence-corrected chi connectivity index (χ3v) is 5.52. The van der Waals surface area contributed by atoms with Gasteiger partial charge < -0.3 is 15.8 Å². The van der Waals surface area contributed by atoms with E-state index in [0.717, 1.165) is 30.3 Å². The van der Waals surface area contributed by atoms with E-state index in [4.69, 9.17) is 26.2 Å². The molecule has 3 N–H and O–H groups in total. The lowest BCUT2D eigenvalue weighted by molar-refractivity contribution is 0.0931. The number of hydrogen-bond donors (Lipinski definition) is 2. The maximum atomic E-state index is 14.3. The SMILES string of the molecule is [B]C([B])(Oc1cccn2c(C(=O)NC(CN)c3ccc(F)c(F)c3)c(C)nc12)c1c(F)cccc1F. The van der Waals surface area contributed by atoms with Crippen molar-refractivity contribution in [2.75, 3.05) is 6.54 Å². The first-order valence-corrected chi connectivity index (χ1v) is 10.7. The van der Waals surface area contributed by atoms with Crippen molar-refractivity contribution in [2.24, 2.45) is 5.73 Å². The number of rotatable bonds is 7. The van der Waals surface area contributed by atoms with Crippen molar-refractivity contribution in [3.05, 3.63) is 101 Å². The Morgan fingerprint density at radius 1 is 1.08 bits per heavy atom. The van der Waals surface area contributed by atoms with Crippen molar-refractivity contribution >= 4 is 27.2 Å². The standard InChI is InChI=1S/C24H18B2F4N4O2/c1-12-21(23(35)33-18(11-31)13-7-8-14(27)17(30)10-13)34-9-3-6-19(22(34)32-12)36-24(25,26)20-15(28)4-2-5-16(20)29/h2-10,18H,11,31H2,1H3,(H,33,35). The molecule has 0 aliphatic rings. The summed E-state index contributed by atoms with van der Waals surface area (Å²) < 4.78 is 62.5. The molecule has 180 valence electrons. The highest BCUT2D eigenvalue weighted by molar-refractivity contribution is 6.39. The molecule has 4 aromatic rings. The van der Waals surface area contributed by atoms with Crippen LogP contribution in [-0.4, -0.2) is 37.5 Å². The van der Waals surface area contributed by atoms with Gasteiger partial charge in [-0.05, 0) is 48.9 Å². The van der Waals surface area contributed by atoms with Crippen LogP contribution in [0.3, 0.4) is 0 Å². The van der Waals surface area contributed by atoms with Gasteiger partial charge in [0, 0.05) is 18.3 Å². The fraction of sp³-hybridized carbons (Fsp3) is 0.167. The predicted molar refractivity (Wildman–Crippen MR) is 126 cm³/mol.